The van der Waals surface area contributed by atoms with E-state index in [9.17, 15) is 13.6 Å². The van der Waals surface area contributed by atoms with Crippen LogP contribution in [0, 0.1) is 11.6 Å². The summed E-state index contributed by atoms with van der Waals surface area (Å²) in [4.78, 5) is 18.6. The third-order valence-corrected chi connectivity index (χ3v) is 4.76. The number of hydrogen-bond donors (Lipinski definition) is 0. The Kier molecular flexibility index (Phi) is 5.06. The van der Waals surface area contributed by atoms with Gasteiger partial charge in [-0.25, -0.2) is 13.8 Å². The molecule has 0 aliphatic carbocycles. The lowest BCUT2D eigenvalue weighted by Crippen LogP contribution is -2.28. The third kappa shape index (κ3) is 4.03. The van der Waals surface area contributed by atoms with Crippen molar-refractivity contribution in [1.29, 1.82) is 0 Å². The molecule has 5 nitrogen and oxygen atoms in total. The molecule has 0 bridgehead atoms. The monoisotopic (exact) mass is 384 g/mol. The van der Waals surface area contributed by atoms with Gasteiger partial charge in [0.05, 0.1) is 0 Å². The first-order valence-corrected chi connectivity index (χ1v) is 8.96. The smallest absolute Gasteiger partial charge is 0.275 e. The first-order valence-electron chi connectivity index (χ1n) is 8.96. The van der Waals surface area contributed by atoms with Crippen molar-refractivity contribution in [3.63, 3.8) is 0 Å². The highest BCUT2D eigenvalue weighted by molar-refractivity contribution is 5.92. The minimum absolute atomic E-state index is 0.0388. The summed E-state index contributed by atoms with van der Waals surface area (Å²) >= 11 is 0. The van der Waals surface area contributed by atoms with E-state index in [1.165, 1.54) is 42.7 Å². The zero-order valence-corrected chi connectivity index (χ0v) is 15.0. The van der Waals surface area contributed by atoms with E-state index in [0.29, 0.717) is 18.8 Å². The lowest BCUT2D eigenvalue weighted by atomic mass is 9.99. The molecular formula is C21H18F2N2O3. The maximum Gasteiger partial charge on any atom is 0.275 e. The molecule has 0 radical (unpaired) electrons. The SMILES string of the molecule is O=C(c1coc(COc2ccc(F)cc2)n1)N1CCC(c2ccc(F)cc2)C1. The fourth-order valence-corrected chi connectivity index (χ4v) is 3.27. The van der Waals surface area contributed by atoms with Crippen molar-refractivity contribution in [2.45, 2.75) is 18.9 Å². The van der Waals surface area contributed by atoms with Gasteiger partial charge in [-0.3, -0.25) is 4.79 Å². The van der Waals surface area contributed by atoms with E-state index in [1.54, 1.807) is 17.0 Å². The van der Waals surface area contributed by atoms with E-state index in [0.717, 1.165) is 12.0 Å². The number of likely N-dealkylation sites (tertiary alicyclic amines) is 1. The van der Waals surface area contributed by atoms with Gasteiger partial charge in [-0.2, -0.15) is 0 Å². The van der Waals surface area contributed by atoms with Crippen molar-refractivity contribution in [3.8, 4) is 5.75 Å². The molecule has 0 saturated carbocycles. The Bertz CT molecular complexity index is 955. The zero-order chi connectivity index (χ0) is 19.5. The molecule has 0 N–H and O–H groups in total. The minimum Gasteiger partial charge on any atom is -0.484 e. The molecule has 1 atom stereocenters. The van der Waals surface area contributed by atoms with Gasteiger partial charge in [-0.15, -0.1) is 0 Å². The van der Waals surface area contributed by atoms with Gasteiger partial charge in [0.15, 0.2) is 12.3 Å². The average molecular weight is 384 g/mol. The maximum atomic E-state index is 13.1. The third-order valence-electron chi connectivity index (χ3n) is 4.76. The van der Waals surface area contributed by atoms with E-state index < -0.39 is 0 Å². The average Bonchev–Trinajstić information content (AvgIpc) is 3.38. The maximum absolute atomic E-state index is 13.1. The highest BCUT2D eigenvalue weighted by atomic mass is 19.1. The fraction of sp³-hybridized carbons (Fsp3) is 0.238. The van der Waals surface area contributed by atoms with Gasteiger partial charge >= 0.3 is 0 Å². The van der Waals surface area contributed by atoms with Gasteiger partial charge in [0.1, 0.15) is 23.6 Å². The molecule has 1 saturated heterocycles. The van der Waals surface area contributed by atoms with E-state index in [4.69, 9.17) is 9.15 Å². The number of amides is 1. The van der Waals surface area contributed by atoms with Crippen LogP contribution in [0.3, 0.4) is 0 Å². The molecule has 1 unspecified atom stereocenters. The second-order valence-corrected chi connectivity index (χ2v) is 6.66. The molecule has 144 valence electrons. The molecule has 1 aromatic heterocycles. The zero-order valence-electron chi connectivity index (χ0n) is 15.0. The molecule has 1 aliphatic rings. The minimum atomic E-state index is -0.346. The number of benzene rings is 2. The summed E-state index contributed by atoms with van der Waals surface area (Å²) in [6.45, 7) is 1.20. The molecule has 4 rings (SSSR count). The van der Waals surface area contributed by atoms with Gasteiger partial charge in [0.2, 0.25) is 5.89 Å². The van der Waals surface area contributed by atoms with E-state index in [1.807, 2.05) is 0 Å². The summed E-state index contributed by atoms with van der Waals surface area (Å²) in [7, 11) is 0. The molecule has 1 fully saturated rings. The molecule has 3 aromatic rings. The summed E-state index contributed by atoms with van der Waals surface area (Å²) in [5.41, 5.74) is 1.24. The Balaban J connectivity index is 1.35. The van der Waals surface area contributed by atoms with Crippen LogP contribution in [0.4, 0.5) is 8.78 Å². The van der Waals surface area contributed by atoms with Crippen LogP contribution in [0.2, 0.25) is 0 Å². The first-order chi connectivity index (χ1) is 13.6. The number of aromatic nitrogens is 1. The van der Waals surface area contributed by atoms with Gasteiger partial charge in [-0.1, -0.05) is 12.1 Å². The van der Waals surface area contributed by atoms with Crippen molar-refractivity contribution >= 4 is 5.91 Å². The number of carbonyl (C=O) groups is 1. The highest BCUT2D eigenvalue weighted by Gasteiger charge is 2.29. The highest BCUT2D eigenvalue weighted by Crippen LogP contribution is 2.28. The van der Waals surface area contributed by atoms with Crippen molar-refractivity contribution in [3.05, 3.63) is 83.6 Å². The van der Waals surface area contributed by atoms with Crippen molar-refractivity contribution in [2.24, 2.45) is 0 Å². The molecule has 0 spiro atoms. The van der Waals surface area contributed by atoms with Crippen LogP contribution >= 0.6 is 0 Å². The van der Waals surface area contributed by atoms with Crippen LogP contribution in [0.15, 0.2) is 59.2 Å². The molecule has 7 heteroatoms. The summed E-state index contributed by atoms with van der Waals surface area (Å²) < 4.78 is 36.8. The van der Waals surface area contributed by atoms with Crippen LogP contribution in [0.1, 0.15) is 34.3 Å². The van der Waals surface area contributed by atoms with Crippen LogP contribution in [-0.2, 0) is 6.61 Å². The Morgan fingerprint density at radius 3 is 2.50 bits per heavy atom. The topological polar surface area (TPSA) is 55.6 Å². The van der Waals surface area contributed by atoms with Gasteiger partial charge < -0.3 is 14.1 Å². The Hall–Kier alpha value is -3.22. The summed E-state index contributed by atoms with van der Waals surface area (Å²) in [6.07, 6.45) is 2.13. The number of hydrogen-bond acceptors (Lipinski definition) is 4. The van der Waals surface area contributed by atoms with Crippen LogP contribution in [0.25, 0.3) is 0 Å². The van der Waals surface area contributed by atoms with E-state index in [-0.39, 0.29) is 41.7 Å². The largest absolute Gasteiger partial charge is 0.484 e. The number of ether oxygens (including phenoxy) is 1. The lowest BCUT2D eigenvalue weighted by Gasteiger charge is -2.15. The first kappa shape index (κ1) is 18.2. The van der Waals surface area contributed by atoms with E-state index >= 15 is 0 Å². The molecule has 28 heavy (non-hydrogen) atoms. The molecule has 2 heterocycles. The molecular weight excluding hydrogens is 366 g/mol. The van der Waals surface area contributed by atoms with Gasteiger partial charge in [-0.05, 0) is 48.4 Å². The van der Waals surface area contributed by atoms with Crippen molar-refractivity contribution < 1.29 is 22.7 Å². The van der Waals surface area contributed by atoms with E-state index in [2.05, 4.69) is 4.98 Å². The summed E-state index contributed by atoms with van der Waals surface area (Å²) in [5.74, 6) is 0.101. The quantitative estimate of drug-likeness (QED) is 0.663. The van der Waals surface area contributed by atoms with Crippen LogP contribution in [0.5, 0.6) is 5.75 Å². The van der Waals surface area contributed by atoms with Gasteiger partial charge in [0.25, 0.3) is 5.91 Å². The number of carbonyl (C=O) groups excluding carboxylic acids is 1. The standard InChI is InChI=1S/C21H18F2N2O3/c22-16-3-1-14(2-4-16)15-9-10-25(11-15)21(26)19-12-28-20(24-19)13-27-18-7-5-17(23)6-8-18/h1-8,12,15H,9-11,13H2. The molecule has 1 amide bonds. The molecule has 2 aromatic carbocycles. The van der Waals surface area contributed by atoms with Crippen molar-refractivity contribution in [2.75, 3.05) is 13.1 Å². The summed E-state index contributed by atoms with van der Waals surface area (Å²) in [5, 5.41) is 0. The Morgan fingerprint density at radius 1 is 1.11 bits per heavy atom. The predicted molar refractivity (Wildman–Crippen MR) is 96.9 cm³/mol. The molecule has 1 aliphatic heterocycles. The number of halogens is 2. The van der Waals surface area contributed by atoms with Crippen LogP contribution < -0.4 is 4.74 Å². The fourth-order valence-electron chi connectivity index (χ4n) is 3.27. The van der Waals surface area contributed by atoms with Gasteiger partial charge in [0, 0.05) is 19.0 Å². The second kappa shape index (κ2) is 7.80. The van der Waals surface area contributed by atoms with Crippen molar-refractivity contribution in [1.82, 2.24) is 9.88 Å². The normalized spacial score (nSPS) is 16.4. The Morgan fingerprint density at radius 2 is 1.79 bits per heavy atom. The number of oxazole rings is 1. The summed E-state index contributed by atoms with van der Waals surface area (Å²) in [6, 6.07) is 12.0. The second-order valence-electron chi connectivity index (χ2n) is 6.66. The number of nitrogens with zero attached hydrogens (tertiary/aromatic N) is 2. The predicted octanol–water partition coefficient (Wildman–Crippen LogP) is 4.16. The number of rotatable bonds is 5. The van der Waals surface area contributed by atoms with Crippen LogP contribution in [-0.4, -0.2) is 28.9 Å². The Labute approximate surface area is 160 Å². The lowest BCUT2D eigenvalue weighted by molar-refractivity contribution is 0.0785.